The molecule has 2 aromatic carbocycles. The number of hydrogen-bond acceptors (Lipinski definition) is 6. The van der Waals surface area contributed by atoms with Crippen molar-refractivity contribution in [2.75, 3.05) is 24.3 Å². The molecule has 0 radical (unpaired) electrons. The summed E-state index contributed by atoms with van der Waals surface area (Å²) in [5.41, 5.74) is 2.99. The molecule has 1 fully saturated rings. The lowest BCUT2D eigenvalue weighted by atomic mass is 9.86. The Morgan fingerprint density at radius 3 is 1.98 bits per heavy atom. The second kappa shape index (κ2) is 12.5. The molecule has 40 heavy (non-hydrogen) atoms. The van der Waals surface area contributed by atoms with Gasteiger partial charge in [-0.2, -0.15) is 18.2 Å². The van der Waals surface area contributed by atoms with Gasteiger partial charge in [-0.25, -0.2) is 9.78 Å². The molecule has 1 amide bonds. The van der Waals surface area contributed by atoms with Crippen molar-refractivity contribution in [3.63, 3.8) is 0 Å². The van der Waals surface area contributed by atoms with Crippen LogP contribution in [0, 0.1) is 0 Å². The number of halogens is 3. The first-order valence-corrected chi connectivity index (χ1v) is 13.1. The number of hydrogen-bond donors (Lipinski definition) is 3. The zero-order valence-corrected chi connectivity index (χ0v) is 23.3. The summed E-state index contributed by atoms with van der Waals surface area (Å²) in [6.07, 6.45) is -1.25. The molecule has 3 aromatic rings. The van der Waals surface area contributed by atoms with Crippen LogP contribution in [0.4, 0.5) is 24.9 Å². The summed E-state index contributed by atoms with van der Waals surface area (Å²) < 4.78 is 31.7. The number of anilines is 2. The lowest BCUT2D eigenvalue weighted by molar-refractivity contribution is -0.192. The van der Waals surface area contributed by atoms with Gasteiger partial charge in [0, 0.05) is 37.1 Å². The lowest BCUT2D eigenvalue weighted by Crippen LogP contribution is -2.40. The summed E-state index contributed by atoms with van der Waals surface area (Å²) in [6.45, 7) is 6.54. The number of aromatic nitrogens is 2. The van der Waals surface area contributed by atoms with Crippen molar-refractivity contribution < 1.29 is 27.9 Å². The zero-order valence-electron chi connectivity index (χ0n) is 23.3. The zero-order chi connectivity index (χ0) is 29.7. The molecule has 1 aromatic heterocycles. The number of amides is 1. The summed E-state index contributed by atoms with van der Waals surface area (Å²) in [5, 5.41) is 14.9. The molecule has 0 bridgehead atoms. The quantitative estimate of drug-likeness (QED) is 0.364. The number of nitrogens with one attached hydrogen (secondary N) is 2. The number of nitrogens with zero attached hydrogens (tertiary/aromatic N) is 3. The van der Waals surface area contributed by atoms with Crippen molar-refractivity contribution in [3.8, 4) is 0 Å². The minimum absolute atomic E-state index is 0.0142. The Bertz CT molecular complexity index is 1310. The van der Waals surface area contributed by atoms with E-state index in [-0.39, 0.29) is 17.4 Å². The number of carboxylic acid groups (broad SMARTS) is 1. The predicted octanol–water partition coefficient (Wildman–Crippen LogP) is 5.78. The molecule has 0 saturated heterocycles. The molecule has 0 unspecified atom stereocenters. The average Bonchev–Trinajstić information content (AvgIpc) is 2.88. The summed E-state index contributed by atoms with van der Waals surface area (Å²) >= 11 is 0. The van der Waals surface area contributed by atoms with Crippen LogP contribution in [0.5, 0.6) is 0 Å². The number of benzene rings is 2. The molecule has 0 atom stereocenters. The van der Waals surface area contributed by atoms with Gasteiger partial charge in [0.25, 0.3) is 5.91 Å². The summed E-state index contributed by atoms with van der Waals surface area (Å²) in [6, 6.07) is 16.6. The standard InChI is InChI=1S/C27H35N5O.C2HF3O2/c1-27(2,3)19-12-10-18(11-13-19)25(33)28-20-14-16-21(17-15-20)29-26-30-23-9-7-6-8-22(23)24(31-26)32(4)5;3-2(4,5)1(6)7/h6-13,20-21H,14-17H2,1-5H3,(H,28,33)(H,29,30,31);(H,6,7). The molecule has 11 heteroatoms. The van der Waals surface area contributed by atoms with E-state index in [0.29, 0.717) is 12.0 Å². The summed E-state index contributed by atoms with van der Waals surface area (Å²) in [4.78, 5) is 33.1. The van der Waals surface area contributed by atoms with Gasteiger partial charge in [0.05, 0.1) is 5.52 Å². The fourth-order valence-corrected chi connectivity index (χ4v) is 4.42. The molecular weight excluding hydrogens is 523 g/mol. The van der Waals surface area contributed by atoms with E-state index in [0.717, 1.165) is 48.0 Å². The molecule has 1 aliphatic carbocycles. The number of carboxylic acids is 1. The van der Waals surface area contributed by atoms with Crippen molar-refractivity contribution >= 4 is 34.5 Å². The van der Waals surface area contributed by atoms with Gasteiger partial charge in [-0.1, -0.05) is 45.0 Å². The molecule has 0 aliphatic heterocycles. The maximum absolute atomic E-state index is 12.7. The fourth-order valence-electron chi connectivity index (χ4n) is 4.42. The fraction of sp³-hybridized carbons (Fsp3) is 0.448. The molecular formula is C29H36F3N5O3. The monoisotopic (exact) mass is 559 g/mol. The van der Waals surface area contributed by atoms with Gasteiger partial charge in [-0.3, -0.25) is 4.79 Å². The minimum Gasteiger partial charge on any atom is -0.475 e. The Balaban J connectivity index is 0.000000559. The molecule has 4 rings (SSSR count). The number of fused-ring (bicyclic) bond motifs is 1. The van der Waals surface area contributed by atoms with E-state index in [2.05, 4.69) is 49.6 Å². The average molecular weight is 560 g/mol. The molecule has 0 spiro atoms. The number of para-hydroxylation sites is 1. The molecule has 1 heterocycles. The highest BCUT2D eigenvalue weighted by Crippen LogP contribution is 2.27. The van der Waals surface area contributed by atoms with Crippen LogP contribution in [0.25, 0.3) is 10.9 Å². The van der Waals surface area contributed by atoms with Crippen LogP contribution in [0.15, 0.2) is 48.5 Å². The van der Waals surface area contributed by atoms with E-state index in [1.807, 2.05) is 49.3 Å². The van der Waals surface area contributed by atoms with E-state index < -0.39 is 12.1 Å². The smallest absolute Gasteiger partial charge is 0.475 e. The minimum atomic E-state index is -5.08. The van der Waals surface area contributed by atoms with Gasteiger partial charge in [0.1, 0.15) is 5.82 Å². The van der Waals surface area contributed by atoms with Gasteiger partial charge in [-0.05, 0) is 60.9 Å². The van der Waals surface area contributed by atoms with E-state index in [1.54, 1.807) is 0 Å². The number of rotatable bonds is 5. The molecule has 216 valence electrons. The van der Waals surface area contributed by atoms with E-state index >= 15 is 0 Å². The van der Waals surface area contributed by atoms with Gasteiger partial charge < -0.3 is 20.6 Å². The SMILES string of the molecule is CN(C)c1nc(NC2CCC(NC(=O)c3ccc(C(C)(C)C)cc3)CC2)nc2ccccc12.O=C(O)C(F)(F)F. The number of aliphatic carboxylic acids is 1. The highest BCUT2D eigenvalue weighted by Gasteiger charge is 2.38. The Labute approximate surface area is 232 Å². The third kappa shape index (κ3) is 8.30. The third-order valence-corrected chi connectivity index (χ3v) is 6.66. The van der Waals surface area contributed by atoms with Crippen LogP contribution >= 0.6 is 0 Å². The van der Waals surface area contributed by atoms with Gasteiger partial charge in [-0.15, -0.1) is 0 Å². The highest BCUT2D eigenvalue weighted by molar-refractivity contribution is 5.94. The maximum Gasteiger partial charge on any atom is 0.490 e. The largest absolute Gasteiger partial charge is 0.490 e. The molecule has 3 N–H and O–H groups in total. The van der Waals surface area contributed by atoms with Crippen molar-refractivity contribution in [2.24, 2.45) is 0 Å². The van der Waals surface area contributed by atoms with Gasteiger partial charge >= 0.3 is 12.1 Å². The van der Waals surface area contributed by atoms with Crippen LogP contribution in [0.2, 0.25) is 0 Å². The Morgan fingerprint density at radius 1 is 0.900 bits per heavy atom. The van der Waals surface area contributed by atoms with Gasteiger partial charge in [0.15, 0.2) is 0 Å². The molecule has 1 saturated carbocycles. The van der Waals surface area contributed by atoms with Crippen molar-refractivity contribution in [2.45, 2.75) is 70.1 Å². The number of alkyl halides is 3. The summed E-state index contributed by atoms with van der Waals surface area (Å²) in [5.74, 6) is -1.15. The second-order valence-electron chi connectivity index (χ2n) is 11.1. The topological polar surface area (TPSA) is 107 Å². The number of carbonyl (C=O) groups is 2. The Morgan fingerprint density at radius 2 is 1.45 bits per heavy atom. The number of carbonyl (C=O) groups excluding carboxylic acids is 1. The van der Waals surface area contributed by atoms with Crippen molar-refractivity contribution in [1.29, 1.82) is 0 Å². The first-order chi connectivity index (χ1) is 18.6. The van der Waals surface area contributed by atoms with Crippen LogP contribution in [0.3, 0.4) is 0 Å². The van der Waals surface area contributed by atoms with E-state index in [9.17, 15) is 18.0 Å². The van der Waals surface area contributed by atoms with Crippen LogP contribution < -0.4 is 15.5 Å². The molecule has 8 nitrogen and oxygen atoms in total. The van der Waals surface area contributed by atoms with Crippen LogP contribution in [-0.4, -0.2) is 59.3 Å². The molecule has 1 aliphatic rings. The van der Waals surface area contributed by atoms with Crippen LogP contribution in [0.1, 0.15) is 62.4 Å². The van der Waals surface area contributed by atoms with Crippen molar-refractivity contribution in [1.82, 2.24) is 15.3 Å². The highest BCUT2D eigenvalue weighted by atomic mass is 19.4. The van der Waals surface area contributed by atoms with Gasteiger partial charge in [0.2, 0.25) is 5.95 Å². The lowest BCUT2D eigenvalue weighted by Gasteiger charge is -2.30. The van der Waals surface area contributed by atoms with Crippen molar-refractivity contribution in [3.05, 3.63) is 59.7 Å². The van der Waals surface area contributed by atoms with Crippen LogP contribution in [-0.2, 0) is 10.2 Å². The predicted molar refractivity (Wildman–Crippen MR) is 150 cm³/mol. The first-order valence-electron chi connectivity index (χ1n) is 13.1. The summed E-state index contributed by atoms with van der Waals surface area (Å²) in [7, 11) is 4.01. The Hall–Kier alpha value is -3.89. The Kier molecular flexibility index (Phi) is 9.60. The normalized spacial score (nSPS) is 17.4. The first kappa shape index (κ1) is 30.6. The van der Waals surface area contributed by atoms with E-state index in [1.165, 1.54) is 5.56 Å². The second-order valence-corrected chi connectivity index (χ2v) is 11.1. The maximum atomic E-state index is 12.7. The third-order valence-electron chi connectivity index (χ3n) is 6.66. The van der Waals surface area contributed by atoms with E-state index in [4.69, 9.17) is 19.9 Å².